The van der Waals surface area contributed by atoms with Crippen molar-refractivity contribution in [3.05, 3.63) is 85.8 Å². The van der Waals surface area contributed by atoms with Gasteiger partial charge in [0.15, 0.2) is 5.75 Å². The zero-order valence-electron chi connectivity index (χ0n) is 14.0. The Balaban J connectivity index is 1.56. The fourth-order valence-electron chi connectivity index (χ4n) is 2.37. The number of aromatic hydroxyl groups is 1. The first-order chi connectivity index (χ1) is 12.9. The van der Waals surface area contributed by atoms with Gasteiger partial charge in [0.1, 0.15) is 12.4 Å². The van der Waals surface area contributed by atoms with Crippen molar-refractivity contribution in [2.24, 2.45) is 0 Å². The molecule has 140 valence electrons. The van der Waals surface area contributed by atoms with E-state index in [9.17, 15) is 5.11 Å². The van der Waals surface area contributed by atoms with Crippen LogP contribution in [0.25, 0.3) is 0 Å². The predicted molar refractivity (Wildman–Crippen MR) is 113 cm³/mol. The van der Waals surface area contributed by atoms with Crippen LogP contribution in [0.1, 0.15) is 11.1 Å². The smallest absolute Gasteiger partial charge is 0.152 e. The summed E-state index contributed by atoms with van der Waals surface area (Å²) in [7, 11) is 0. The number of phenols is 1. The molecule has 0 aliphatic rings. The summed E-state index contributed by atoms with van der Waals surface area (Å²) >= 11 is 23.8. The van der Waals surface area contributed by atoms with Crippen LogP contribution >= 0.6 is 46.4 Å². The van der Waals surface area contributed by atoms with Gasteiger partial charge in [-0.1, -0.05) is 64.6 Å². The number of phenolic OH excluding ortho intramolecular Hbond substituents is 1. The predicted octanol–water partition coefficient (Wildman–Crippen LogP) is 7.20. The van der Waals surface area contributed by atoms with Crippen LogP contribution in [0.3, 0.4) is 0 Å². The number of hydrogen-bond donors (Lipinski definition) is 2. The van der Waals surface area contributed by atoms with E-state index in [2.05, 4.69) is 5.32 Å². The number of anilines is 1. The Morgan fingerprint density at radius 3 is 2.00 bits per heavy atom. The lowest BCUT2D eigenvalue weighted by atomic mass is 10.2. The molecular formula is C20H15Cl4NO2. The van der Waals surface area contributed by atoms with Gasteiger partial charge in [-0.05, 0) is 47.5 Å². The molecule has 0 fully saturated rings. The molecule has 0 bridgehead atoms. The van der Waals surface area contributed by atoms with Crippen molar-refractivity contribution >= 4 is 52.1 Å². The van der Waals surface area contributed by atoms with Crippen LogP contribution in [0, 0.1) is 0 Å². The summed E-state index contributed by atoms with van der Waals surface area (Å²) in [5.41, 5.74) is 2.72. The molecule has 7 heteroatoms. The normalized spacial score (nSPS) is 10.7. The highest BCUT2D eigenvalue weighted by Gasteiger charge is 2.06. The van der Waals surface area contributed by atoms with E-state index in [0.29, 0.717) is 23.2 Å². The van der Waals surface area contributed by atoms with E-state index in [1.807, 2.05) is 30.3 Å². The minimum Gasteiger partial charge on any atom is -0.505 e. The Morgan fingerprint density at radius 2 is 1.37 bits per heavy atom. The van der Waals surface area contributed by atoms with Crippen molar-refractivity contribution in [3.8, 4) is 11.5 Å². The summed E-state index contributed by atoms with van der Waals surface area (Å²) in [6.07, 6.45) is 0. The second kappa shape index (κ2) is 8.94. The molecule has 0 radical (unpaired) electrons. The third-order valence-corrected chi connectivity index (χ3v) is 5.14. The summed E-state index contributed by atoms with van der Waals surface area (Å²) in [5.74, 6) is 0.632. The number of nitrogens with one attached hydrogen (secondary N) is 1. The van der Waals surface area contributed by atoms with Crippen molar-refractivity contribution < 1.29 is 9.84 Å². The fourth-order valence-corrected chi connectivity index (χ4v) is 3.18. The number of benzene rings is 3. The molecular weight excluding hydrogens is 428 g/mol. The van der Waals surface area contributed by atoms with E-state index in [4.69, 9.17) is 51.1 Å². The molecule has 3 aromatic carbocycles. The lowest BCUT2D eigenvalue weighted by molar-refractivity contribution is 0.306. The van der Waals surface area contributed by atoms with Crippen LogP contribution in [0.2, 0.25) is 20.1 Å². The van der Waals surface area contributed by atoms with Crippen LogP contribution in [-0.4, -0.2) is 5.11 Å². The van der Waals surface area contributed by atoms with Crippen molar-refractivity contribution in [2.45, 2.75) is 13.2 Å². The minimum atomic E-state index is -0.118. The first-order valence-corrected chi connectivity index (χ1v) is 9.51. The van der Waals surface area contributed by atoms with E-state index in [1.165, 1.54) is 0 Å². The maximum atomic E-state index is 9.59. The molecule has 2 N–H and O–H groups in total. The molecule has 3 aromatic rings. The second-order valence-corrected chi connectivity index (χ2v) is 7.45. The molecule has 0 aliphatic heterocycles. The molecule has 0 amide bonds. The quantitative estimate of drug-likeness (QED) is 0.396. The monoisotopic (exact) mass is 441 g/mol. The third kappa shape index (κ3) is 5.36. The highest BCUT2D eigenvalue weighted by atomic mass is 35.5. The molecule has 3 nitrogen and oxygen atoms in total. The van der Waals surface area contributed by atoms with Crippen molar-refractivity contribution in [3.63, 3.8) is 0 Å². The lowest BCUT2D eigenvalue weighted by Crippen LogP contribution is -2.00. The van der Waals surface area contributed by atoms with Gasteiger partial charge in [-0.3, -0.25) is 0 Å². The Labute approximate surface area is 177 Å². The van der Waals surface area contributed by atoms with Crippen LogP contribution in [0.4, 0.5) is 5.69 Å². The van der Waals surface area contributed by atoms with Gasteiger partial charge < -0.3 is 15.2 Å². The van der Waals surface area contributed by atoms with Crippen molar-refractivity contribution in [1.82, 2.24) is 0 Å². The molecule has 0 saturated heterocycles. The Kier molecular flexibility index (Phi) is 6.61. The van der Waals surface area contributed by atoms with Gasteiger partial charge in [0, 0.05) is 12.2 Å². The van der Waals surface area contributed by atoms with Crippen LogP contribution in [-0.2, 0) is 13.2 Å². The fraction of sp³-hybridized carbons (Fsp3) is 0.100. The number of ether oxygens (including phenoxy) is 1. The Bertz CT molecular complexity index is 922. The van der Waals surface area contributed by atoms with E-state index < -0.39 is 0 Å². The molecule has 0 saturated carbocycles. The average Bonchev–Trinajstić information content (AvgIpc) is 2.66. The van der Waals surface area contributed by atoms with Gasteiger partial charge in [-0.25, -0.2) is 0 Å². The third-order valence-electron chi connectivity index (χ3n) is 3.83. The van der Waals surface area contributed by atoms with Gasteiger partial charge in [0.05, 0.1) is 20.1 Å². The van der Waals surface area contributed by atoms with Crippen molar-refractivity contribution in [2.75, 3.05) is 5.32 Å². The molecule has 27 heavy (non-hydrogen) atoms. The maximum Gasteiger partial charge on any atom is 0.152 e. The lowest BCUT2D eigenvalue weighted by Gasteiger charge is -2.10. The summed E-state index contributed by atoms with van der Waals surface area (Å²) in [6, 6.07) is 16.4. The van der Waals surface area contributed by atoms with Crippen LogP contribution in [0.5, 0.6) is 11.5 Å². The first kappa shape index (κ1) is 20.0. The van der Waals surface area contributed by atoms with Gasteiger partial charge in [-0.2, -0.15) is 0 Å². The molecule has 0 spiro atoms. The number of hydrogen-bond acceptors (Lipinski definition) is 3. The standard InChI is InChI=1S/C20H15Cl4NO2/c21-16-6-3-13(7-17(16)22)11-27-15-4-1-12(2-5-15)10-25-14-8-18(23)20(26)19(24)9-14/h1-9,25-26H,10-11H2. The second-order valence-electron chi connectivity index (χ2n) is 5.82. The maximum absolute atomic E-state index is 9.59. The van der Waals surface area contributed by atoms with E-state index in [0.717, 1.165) is 22.6 Å². The highest BCUT2D eigenvalue weighted by molar-refractivity contribution is 6.42. The number of halogens is 4. The molecule has 0 atom stereocenters. The van der Waals surface area contributed by atoms with Gasteiger partial charge in [0.25, 0.3) is 0 Å². The van der Waals surface area contributed by atoms with E-state index >= 15 is 0 Å². The van der Waals surface area contributed by atoms with Crippen LogP contribution in [0.15, 0.2) is 54.6 Å². The summed E-state index contributed by atoms with van der Waals surface area (Å²) in [6.45, 7) is 0.976. The molecule has 0 unspecified atom stereocenters. The zero-order chi connectivity index (χ0) is 19.4. The average molecular weight is 443 g/mol. The summed E-state index contributed by atoms with van der Waals surface area (Å²) in [5, 5.41) is 14.2. The van der Waals surface area contributed by atoms with Gasteiger partial charge in [-0.15, -0.1) is 0 Å². The summed E-state index contributed by atoms with van der Waals surface area (Å²) in [4.78, 5) is 0. The molecule has 0 aromatic heterocycles. The zero-order valence-corrected chi connectivity index (χ0v) is 17.0. The Hall–Kier alpha value is -1.78. The molecule has 0 heterocycles. The first-order valence-electron chi connectivity index (χ1n) is 8.00. The van der Waals surface area contributed by atoms with Crippen LogP contribution < -0.4 is 10.1 Å². The topological polar surface area (TPSA) is 41.5 Å². The van der Waals surface area contributed by atoms with E-state index in [-0.39, 0.29) is 15.8 Å². The highest BCUT2D eigenvalue weighted by Crippen LogP contribution is 2.34. The van der Waals surface area contributed by atoms with Gasteiger partial charge in [0.2, 0.25) is 0 Å². The largest absolute Gasteiger partial charge is 0.505 e. The van der Waals surface area contributed by atoms with Gasteiger partial charge >= 0.3 is 0 Å². The number of rotatable bonds is 6. The Morgan fingerprint density at radius 1 is 0.741 bits per heavy atom. The van der Waals surface area contributed by atoms with E-state index in [1.54, 1.807) is 24.3 Å². The summed E-state index contributed by atoms with van der Waals surface area (Å²) < 4.78 is 5.76. The SMILES string of the molecule is Oc1c(Cl)cc(NCc2ccc(OCc3ccc(Cl)c(Cl)c3)cc2)cc1Cl. The minimum absolute atomic E-state index is 0.118. The molecule has 3 rings (SSSR count). The molecule has 0 aliphatic carbocycles. The van der Waals surface area contributed by atoms with Crippen molar-refractivity contribution in [1.29, 1.82) is 0 Å².